The summed E-state index contributed by atoms with van der Waals surface area (Å²) < 4.78 is 5.33. The Bertz CT molecular complexity index is 569. The average Bonchev–Trinajstić information content (AvgIpc) is 2.88. The van der Waals surface area contributed by atoms with Crippen LogP contribution in [0.4, 0.5) is 0 Å². The van der Waals surface area contributed by atoms with Gasteiger partial charge in [0.1, 0.15) is 0 Å². The zero-order valence-electron chi connectivity index (χ0n) is 11.3. The highest BCUT2D eigenvalue weighted by atomic mass is 35.5. The molecule has 106 valence electrons. The minimum atomic E-state index is 0.502. The van der Waals surface area contributed by atoms with Gasteiger partial charge in [-0.25, -0.2) is 0 Å². The molecule has 1 atom stereocenters. The van der Waals surface area contributed by atoms with Crippen LogP contribution >= 0.6 is 11.6 Å². The number of aromatic nitrogens is 2. The third kappa shape index (κ3) is 3.17. The van der Waals surface area contributed by atoms with E-state index in [-0.39, 0.29) is 0 Å². The number of benzene rings is 1. The lowest BCUT2D eigenvalue weighted by Crippen LogP contribution is -2.48. The molecule has 2 heterocycles. The van der Waals surface area contributed by atoms with E-state index in [4.69, 9.17) is 16.1 Å². The Labute approximate surface area is 122 Å². The largest absolute Gasteiger partial charge is 0.338 e. The van der Waals surface area contributed by atoms with Crippen molar-refractivity contribution in [2.24, 2.45) is 0 Å². The quantitative estimate of drug-likeness (QED) is 0.940. The Morgan fingerprint density at radius 3 is 2.95 bits per heavy atom. The lowest BCUT2D eigenvalue weighted by Gasteiger charge is -2.30. The standard InChI is InChI=1S/C14H17ClN4O/c1-10-8-19(7-6-16-10)9-13-17-14(18-20-13)11-2-4-12(15)5-3-11/h2-5,10,16H,6-9H2,1H3. The van der Waals surface area contributed by atoms with Gasteiger partial charge >= 0.3 is 0 Å². The second-order valence-corrected chi connectivity index (χ2v) is 5.55. The molecule has 1 N–H and O–H groups in total. The lowest BCUT2D eigenvalue weighted by atomic mass is 10.2. The maximum absolute atomic E-state index is 5.87. The van der Waals surface area contributed by atoms with E-state index >= 15 is 0 Å². The van der Waals surface area contributed by atoms with Crippen molar-refractivity contribution in [3.05, 3.63) is 35.2 Å². The molecule has 1 unspecified atom stereocenters. The number of piperazine rings is 1. The van der Waals surface area contributed by atoms with Crippen LogP contribution in [-0.4, -0.2) is 40.7 Å². The minimum absolute atomic E-state index is 0.502. The van der Waals surface area contributed by atoms with Crippen LogP contribution in [0.3, 0.4) is 0 Å². The summed E-state index contributed by atoms with van der Waals surface area (Å²) in [6.07, 6.45) is 0. The van der Waals surface area contributed by atoms with Gasteiger partial charge in [-0.3, -0.25) is 4.90 Å². The SMILES string of the molecule is CC1CN(Cc2nc(-c3ccc(Cl)cc3)no2)CCN1. The first-order chi connectivity index (χ1) is 9.70. The molecule has 0 aliphatic carbocycles. The molecule has 20 heavy (non-hydrogen) atoms. The van der Waals surface area contributed by atoms with Crippen LogP contribution in [-0.2, 0) is 6.54 Å². The van der Waals surface area contributed by atoms with E-state index in [0.717, 1.165) is 25.2 Å². The zero-order valence-corrected chi connectivity index (χ0v) is 12.1. The smallest absolute Gasteiger partial charge is 0.241 e. The Morgan fingerprint density at radius 1 is 1.40 bits per heavy atom. The van der Waals surface area contributed by atoms with Crippen molar-refractivity contribution in [3.63, 3.8) is 0 Å². The van der Waals surface area contributed by atoms with Crippen molar-refractivity contribution in [1.29, 1.82) is 0 Å². The second-order valence-electron chi connectivity index (χ2n) is 5.11. The Balaban J connectivity index is 1.69. The molecule has 1 fully saturated rings. The fourth-order valence-corrected chi connectivity index (χ4v) is 2.51. The topological polar surface area (TPSA) is 54.2 Å². The molecule has 0 bridgehead atoms. The fraction of sp³-hybridized carbons (Fsp3) is 0.429. The number of rotatable bonds is 3. The summed E-state index contributed by atoms with van der Waals surface area (Å²) in [6, 6.07) is 7.94. The third-order valence-electron chi connectivity index (χ3n) is 3.38. The number of nitrogens with zero attached hydrogens (tertiary/aromatic N) is 3. The summed E-state index contributed by atoms with van der Waals surface area (Å²) in [4.78, 5) is 6.77. The van der Waals surface area contributed by atoms with E-state index in [1.54, 1.807) is 0 Å². The van der Waals surface area contributed by atoms with Gasteiger partial charge in [-0.05, 0) is 31.2 Å². The molecule has 1 aromatic carbocycles. The molecular weight excluding hydrogens is 276 g/mol. The lowest BCUT2D eigenvalue weighted by molar-refractivity contribution is 0.177. The maximum Gasteiger partial charge on any atom is 0.241 e. The molecule has 1 aliphatic rings. The number of nitrogens with one attached hydrogen (secondary N) is 1. The molecule has 5 nitrogen and oxygen atoms in total. The van der Waals surface area contributed by atoms with Gasteiger partial charge in [-0.15, -0.1) is 0 Å². The molecule has 0 radical (unpaired) electrons. The monoisotopic (exact) mass is 292 g/mol. The highest BCUT2D eigenvalue weighted by molar-refractivity contribution is 6.30. The van der Waals surface area contributed by atoms with Gasteiger partial charge in [-0.2, -0.15) is 4.98 Å². The molecule has 3 rings (SSSR count). The van der Waals surface area contributed by atoms with Gasteiger partial charge in [-0.1, -0.05) is 16.8 Å². The van der Waals surface area contributed by atoms with E-state index in [1.165, 1.54) is 0 Å². The second kappa shape index (κ2) is 5.91. The number of hydrogen-bond acceptors (Lipinski definition) is 5. The predicted octanol–water partition coefficient (Wildman–Crippen LogP) is 2.18. The molecule has 1 aromatic heterocycles. The molecule has 6 heteroatoms. The molecule has 0 saturated carbocycles. The van der Waals surface area contributed by atoms with Crippen LogP contribution in [0.5, 0.6) is 0 Å². The van der Waals surface area contributed by atoms with Crippen LogP contribution < -0.4 is 5.32 Å². The highest BCUT2D eigenvalue weighted by Crippen LogP contribution is 2.19. The van der Waals surface area contributed by atoms with E-state index in [9.17, 15) is 0 Å². The number of halogens is 1. The van der Waals surface area contributed by atoms with Gasteiger partial charge in [0.05, 0.1) is 6.54 Å². The molecule has 1 saturated heterocycles. The molecule has 2 aromatic rings. The van der Waals surface area contributed by atoms with Crippen LogP contribution in [0, 0.1) is 0 Å². The normalized spacial score (nSPS) is 20.2. The Kier molecular flexibility index (Phi) is 4.00. The maximum atomic E-state index is 5.87. The van der Waals surface area contributed by atoms with Crippen molar-refractivity contribution >= 4 is 11.6 Å². The van der Waals surface area contributed by atoms with E-state index in [0.29, 0.717) is 29.3 Å². The zero-order chi connectivity index (χ0) is 13.9. The molecular formula is C14H17ClN4O. The molecule has 0 spiro atoms. The van der Waals surface area contributed by atoms with Crippen LogP contribution in [0.2, 0.25) is 5.02 Å². The third-order valence-corrected chi connectivity index (χ3v) is 3.63. The van der Waals surface area contributed by atoms with Crippen molar-refractivity contribution < 1.29 is 4.52 Å². The van der Waals surface area contributed by atoms with Crippen LogP contribution in [0.25, 0.3) is 11.4 Å². The van der Waals surface area contributed by atoms with Gasteiger partial charge in [0.25, 0.3) is 0 Å². The van der Waals surface area contributed by atoms with Gasteiger partial charge < -0.3 is 9.84 Å². The van der Waals surface area contributed by atoms with Gasteiger partial charge in [0, 0.05) is 36.3 Å². The summed E-state index contributed by atoms with van der Waals surface area (Å²) in [5.41, 5.74) is 0.915. The Morgan fingerprint density at radius 2 is 2.20 bits per heavy atom. The average molecular weight is 293 g/mol. The minimum Gasteiger partial charge on any atom is -0.338 e. The summed E-state index contributed by atoms with van der Waals surface area (Å²) in [5.74, 6) is 1.27. The first-order valence-corrected chi connectivity index (χ1v) is 7.13. The van der Waals surface area contributed by atoms with Gasteiger partial charge in [0.15, 0.2) is 0 Å². The summed E-state index contributed by atoms with van der Waals surface area (Å²) in [5, 5.41) is 8.14. The van der Waals surface area contributed by atoms with Crippen molar-refractivity contribution in [2.75, 3.05) is 19.6 Å². The summed E-state index contributed by atoms with van der Waals surface area (Å²) >= 11 is 5.87. The highest BCUT2D eigenvalue weighted by Gasteiger charge is 2.18. The fourth-order valence-electron chi connectivity index (χ4n) is 2.38. The molecule has 0 amide bonds. The van der Waals surface area contributed by atoms with E-state index in [1.807, 2.05) is 24.3 Å². The Hall–Kier alpha value is -1.43. The van der Waals surface area contributed by atoms with Crippen molar-refractivity contribution in [2.45, 2.75) is 19.5 Å². The molecule has 1 aliphatic heterocycles. The summed E-state index contributed by atoms with van der Waals surface area (Å²) in [7, 11) is 0. The van der Waals surface area contributed by atoms with Crippen LogP contribution in [0.1, 0.15) is 12.8 Å². The first kappa shape index (κ1) is 13.5. The van der Waals surface area contributed by atoms with Crippen LogP contribution in [0.15, 0.2) is 28.8 Å². The van der Waals surface area contributed by atoms with E-state index in [2.05, 4.69) is 27.3 Å². The first-order valence-electron chi connectivity index (χ1n) is 6.75. The summed E-state index contributed by atoms with van der Waals surface area (Å²) in [6.45, 7) is 5.88. The predicted molar refractivity (Wildman–Crippen MR) is 77.5 cm³/mol. The van der Waals surface area contributed by atoms with E-state index < -0.39 is 0 Å². The van der Waals surface area contributed by atoms with Crippen molar-refractivity contribution in [3.8, 4) is 11.4 Å². The van der Waals surface area contributed by atoms with Gasteiger partial charge in [0.2, 0.25) is 11.7 Å². The number of hydrogen-bond donors (Lipinski definition) is 1. The van der Waals surface area contributed by atoms with Crippen molar-refractivity contribution in [1.82, 2.24) is 20.4 Å².